The Bertz CT molecular complexity index is 1320. The third-order valence-electron chi connectivity index (χ3n) is 7.57. The van der Waals surface area contributed by atoms with Crippen LogP contribution in [0, 0.1) is 11.3 Å². The zero-order chi connectivity index (χ0) is 28.9. The highest BCUT2D eigenvalue weighted by Gasteiger charge is 2.39. The van der Waals surface area contributed by atoms with Gasteiger partial charge in [0.2, 0.25) is 0 Å². The van der Waals surface area contributed by atoms with E-state index in [1.54, 1.807) is 7.11 Å². The summed E-state index contributed by atoms with van der Waals surface area (Å²) in [6.07, 6.45) is -0.780. The van der Waals surface area contributed by atoms with Gasteiger partial charge in [-0.1, -0.05) is 25.0 Å². The number of ether oxygens (including phenoxy) is 1. The average Bonchev–Trinajstić information content (AvgIpc) is 3.17. The normalized spacial score (nSPS) is 16.6. The van der Waals surface area contributed by atoms with Gasteiger partial charge >= 0.3 is 6.18 Å². The fraction of sp³-hybridized carbons (Fsp3) is 0.433. The summed E-state index contributed by atoms with van der Waals surface area (Å²) in [5.74, 6) is -0.326. The third kappa shape index (κ3) is 6.31. The predicted octanol–water partition coefficient (Wildman–Crippen LogP) is 5.55. The number of hydrogen-bond acceptors (Lipinski definition) is 6. The molecule has 0 radical (unpaired) electrons. The standard InChI is InChI=1S/C30H33F3N4O3/c1-21-24(29(39)37(28(21)38)23-13-12-22(20-34)25(19-23)30(31,32)33)9-5-3-4-8-14-35-15-17-36(18-16-35)26-10-6-7-11-27(26)40-2/h6-7,10-13,19H,3-5,8-9,14-18H2,1-2H3. The SMILES string of the molecule is COc1ccccc1N1CCN(CCCCCCC2=C(C)C(=O)N(c3ccc(C#N)c(C(F)(F)F)c3)C2=O)CC1. The number of amides is 2. The second-order valence-electron chi connectivity index (χ2n) is 10.1. The summed E-state index contributed by atoms with van der Waals surface area (Å²) in [6, 6.07) is 12.4. The number of halogens is 3. The Labute approximate surface area is 232 Å². The maximum atomic E-state index is 13.4. The summed E-state index contributed by atoms with van der Waals surface area (Å²) in [4.78, 5) is 31.4. The maximum absolute atomic E-state index is 13.4. The number of carbonyl (C=O) groups excluding carboxylic acids is 2. The largest absolute Gasteiger partial charge is 0.495 e. The number of carbonyl (C=O) groups is 2. The smallest absolute Gasteiger partial charge is 0.417 e. The first-order chi connectivity index (χ1) is 19.2. The van der Waals surface area contributed by atoms with E-state index < -0.39 is 29.1 Å². The summed E-state index contributed by atoms with van der Waals surface area (Å²) in [5.41, 5.74) is -0.181. The van der Waals surface area contributed by atoms with Crippen molar-refractivity contribution in [1.82, 2.24) is 4.90 Å². The molecule has 0 atom stereocenters. The van der Waals surface area contributed by atoms with Gasteiger partial charge in [-0.15, -0.1) is 0 Å². The number of imide groups is 1. The topological polar surface area (TPSA) is 76.9 Å². The molecule has 2 amide bonds. The highest BCUT2D eigenvalue weighted by atomic mass is 19.4. The summed E-state index contributed by atoms with van der Waals surface area (Å²) in [6.45, 7) is 6.35. The van der Waals surface area contributed by atoms with Crippen molar-refractivity contribution in [2.75, 3.05) is 49.6 Å². The lowest BCUT2D eigenvalue weighted by Gasteiger charge is -2.36. The van der Waals surface area contributed by atoms with Gasteiger partial charge in [0.25, 0.3) is 11.8 Å². The minimum Gasteiger partial charge on any atom is -0.495 e. The zero-order valence-corrected chi connectivity index (χ0v) is 22.8. The minimum absolute atomic E-state index is 0.179. The van der Waals surface area contributed by atoms with E-state index in [1.807, 2.05) is 18.2 Å². The Hall–Kier alpha value is -3.84. The van der Waals surface area contributed by atoms with Crippen LogP contribution in [0.25, 0.3) is 0 Å². The van der Waals surface area contributed by atoms with Crippen molar-refractivity contribution in [3.8, 4) is 11.8 Å². The molecule has 2 heterocycles. The first-order valence-corrected chi connectivity index (χ1v) is 13.5. The van der Waals surface area contributed by atoms with E-state index >= 15 is 0 Å². The number of methoxy groups -OCH3 is 1. The molecule has 0 spiro atoms. The molecule has 1 saturated heterocycles. The Morgan fingerprint density at radius 3 is 2.33 bits per heavy atom. The van der Waals surface area contributed by atoms with Gasteiger partial charge < -0.3 is 9.64 Å². The number of nitriles is 1. The third-order valence-corrected chi connectivity index (χ3v) is 7.57. The quantitative estimate of drug-likeness (QED) is 0.283. The lowest BCUT2D eigenvalue weighted by molar-refractivity contribution is -0.138. The molecular formula is C30H33F3N4O3. The molecule has 4 rings (SSSR count). The fourth-order valence-corrected chi connectivity index (χ4v) is 5.31. The second-order valence-corrected chi connectivity index (χ2v) is 10.1. The molecule has 0 saturated carbocycles. The number of anilines is 2. The number of rotatable bonds is 10. The van der Waals surface area contributed by atoms with E-state index in [0.29, 0.717) is 24.5 Å². The monoisotopic (exact) mass is 554 g/mol. The van der Waals surface area contributed by atoms with Crippen molar-refractivity contribution in [2.45, 2.75) is 45.2 Å². The molecule has 2 aromatic rings. The van der Waals surface area contributed by atoms with E-state index in [9.17, 15) is 22.8 Å². The van der Waals surface area contributed by atoms with Gasteiger partial charge in [-0.25, -0.2) is 4.90 Å². The van der Waals surface area contributed by atoms with E-state index in [-0.39, 0.29) is 11.3 Å². The van der Waals surface area contributed by atoms with Gasteiger partial charge in [0.15, 0.2) is 0 Å². The molecule has 2 aromatic carbocycles. The molecule has 0 aliphatic carbocycles. The van der Waals surface area contributed by atoms with Gasteiger partial charge in [0, 0.05) is 37.3 Å². The number of nitrogens with zero attached hydrogens (tertiary/aromatic N) is 4. The second kappa shape index (κ2) is 12.6. The lowest BCUT2D eigenvalue weighted by Crippen LogP contribution is -2.46. The summed E-state index contributed by atoms with van der Waals surface area (Å²) in [7, 11) is 1.69. The van der Waals surface area contributed by atoms with Crippen LogP contribution in [0.15, 0.2) is 53.6 Å². The van der Waals surface area contributed by atoms with Crippen LogP contribution in [0.3, 0.4) is 0 Å². The van der Waals surface area contributed by atoms with E-state index in [2.05, 4.69) is 15.9 Å². The molecule has 212 valence electrons. The van der Waals surface area contributed by atoms with Gasteiger partial charge in [-0.3, -0.25) is 14.5 Å². The minimum atomic E-state index is -4.78. The number of benzene rings is 2. The van der Waals surface area contributed by atoms with Gasteiger partial charge in [0.05, 0.1) is 35.7 Å². The zero-order valence-electron chi connectivity index (χ0n) is 22.8. The molecule has 7 nitrogen and oxygen atoms in total. The Kier molecular flexibility index (Phi) is 9.15. The first-order valence-electron chi connectivity index (χ1n) is 13.5. The van der Waals surface area contributed by atoms with E-state index in [4.69, 9.17) is 10.00 Å². The molecule has 40 heavy (non-hydrogen) atoms. The number of unbranched alkanes of at least 4 members (excludes halogenated alkanes) is 3. The van der Waals surface area contributed by atoms with Crippen molar-refractivity contribution in [3.63, 3.8) is 0 Å². The number of piperazine rings is 1. The van der Waals surface area contributed by atoms with Gasteiger partial charge in [-0.2, -0.15) is 18.4 Å². The van der Waals surface area contributed by atoms with E-state index in [0.717, 1.165) is 74.4 Å². The summed E-state index contributed by atoms with van der Waals surface area (Å²) < 4.78 is 45.7. The molecule has 0 unspecified atom stereocenters. The summed E-state index contributed by atoms with van der Waals surface area (Å²) >= 11 is 0. The van der Waals surface area contributed by atoms with Crippen molar-refractivity contribution < 1.29 is 27.5 Å². The average molecular weight is 555 g/mol. The molecule has 2 aliphatic heterocycles. The van der Waals surface area contributed by atoms with Crippen LogP contribution in [0.1, 0.15) is 50.2 Å². The predicted molar refractivity (Wildman–Crippen MR) is 146 cm³/mol. The Balaban J connectivity index is 1.22. The van der Waals surface area contributed by atoms with Crippen molar-refractivity contribution in [2.24, 2.45) is 0 Å². The van der Waals surface area contributed by atoms with Crippen LogP contribution in [0.4, 0.5) is 24.5 Å². The van der Waals surface area contributed by atoms with Gasteiger partial charge in [-0.05, 0) is 63.1 Å². The Morgan fingerprint density at radius 1 is 0.950 bits per heavy atom. The molecular weight excluding hydrogens is 521 g/mol. The van der Waals surface area contributed by atoms with Crippen LogP contribution in [0.5, 0.6) is 5.75 Å². The van der Waals surface area contributed by atoms with Crippen LogP contribution >= 0.6 is 0 Å². The highest BCUT2D eigenvalue weighted by molar-refractivity contribution is 6.32. The number of alkyl halides is 3. The van der Waals surface area contributed by atoms with Crippen LogP contribution in [-0.4, -0.2) is 56.5 Å². The van der Waals surface area contributed by atoms with Crippen molar-refractivity contribution in [1.29, 1.82) is 5.26 Å². The molecule has 1 fully saturated rings. The van der Waals surface area contributed by atoms with Crippen LogP contribution in [0.2, 0.25) is 0 Å². The maximum Gasteiger partial charge on any atom is 0.417 e. The van der Waals surface area contributed by atoms with Crippen molar-refractivity contribution >= 4 is 23.2 Å². The number of hydrogen-bond donors (Lipinski definition) is 0. The first kappa shape index (κ1) is 29.2. The van der Waals surface area contributed by atoms with Crippen LogP contribution in [-0.2, 0) is 15.8 Å². The van der Waals surface area contributed by atoms with Gasteiger partial charge in [0.1, 0.15) is 5.75 Å². The van der Waals surface area contributed by atoms with Crippen LogP contribution < -0.4 is 14.5 Å². The molecule has 0 aromatic heterocycles. The lowest BCUT2D eigenvalue weighted by atomic mass is 10.0. The fourth-order valence-electron chi connectivity index (χ4n) is 5.31. The highest BCUT2D eigenvalue weighted by Crippen LogP contribution is 2.37. The Morgan fingerprint density at radius 2 is 1.65 bits per heavy atom. The van der Waals surface area contributed by atoms with Crippen molar-refractivity contribution in [3.05, 3.63) is 64.7 Å². The molecule has 2 aliphatic rings. The number of para-hydroxylation sites is 2. The molecule has 0 bridgehead atoms. The molecule has 10 heteroatoms. The van der Waals surface area contributed by atoms with E-state index in [1.165, 1.54) is 19.1 Å². The summed E-state index contributed by atoms with van der Waals surface area (Å²) in [5, 5.41) is 9.02. The molecule has 0 N–H and O–H groups in total.